The molecule has 0 aromatic carbocycles. The fourth-order valence-corrected chi connectivity index (χ4v) is 1.43. The number of carbonyl (C=O) groups is 1. The van der Waals surface area contributed by atoms with E-state index >= 15 is 0 Å². The van der Waals surface area contributed by atoms with E-state index in [4.69, 9.17) is 9.52 Å². The van der Waals surface area contributed by atoms with Crippen LogP contribution < -0.4 is 0 Å². The predicted molar refractivity (Wildman–Crippen MR) is 54.3 cm³/mol. The molecule has 84 valence electrons. The van der Waals surface area contributed by atoms with Gasteiger partial charge in [-0.05, 0) is 26.0 Å². The molecule has 2 aromatic heterocycles. The number of nitrogens with zero attached hydrogens (tertiary/aromatic N) is 3. The molecule has 0 atom stereocenters. The van der Waals surface area contributed by atoms with Crippen LogP contribution in [0, 0.1) is 13.8 Å². The van der Waals surface area contributed by atoms with Gasteiger partial charge in [-0.2, -0.15) is 0 Å². The molecular weight excluding hydrogens is 210 g/mol. The highest BCUT2D eigenvalue weighted by molar-refractivity contribution is 5.86. The molecule has 0 amide bonds. The smallest absolute Gasteiger partial charge is 0.358 e. The summed E-state index contributed by atoms with van der Waals surface area (Å²) in [5.74, 6) is 0.466. The molecule has 2 aromatic rings. The van der Waals surface area contributed by atoms with Gasteiger partial charge in [-0.15, -0.1) is 5.10 Å². The Balaban J connectivity index is 2.25. The van der Waals surface area contributed by atoms with Crippen LogP contribution in [-0.2, 0) is 6.54 Å². The molecule has 0 saturated heterocycles. The van der Waals surface area contributed by atoms with Crippen molar-refractivity contribution in [1.82, 2.24) is 15.0 Å². The molecule has 0 fully saturated rings. The van der Waals surface area contributed by atoms with E-state index in [0.29, 0.717) is 12.2 Å². The molecule has 2 rings (SSSR count). The van der Waals surface area contributed by atoms with E-state index in [-0.39, 0.29) is 5.69 Å². The summed E-state index contributed by atoms with van der Waals surface area (Å²) in [6.45, 7) is 3.90. The number of furan rings is 1. The summed E-state index contributed by atoms with van der Waals surface area (Å²) >= 11 is 0. The molecule has 6 heteroatoms. The summed E-state index contributed by atoms with van der Waals surface area (Å²) in [5, 5.41) is 16.2. The highest BCUT2D eigenvalue weighted by Crippen LogP contribution is 2.10. The first-order valence-corrected chi connectivity index (χ1v) is 4.76. The Morgan fingerprint density at radius 3 is 2.75 bits per heavy atom. The summed E-state index contributed by atoms with van der Waals surface area (Å²) < 4.78 is 6.88. The summed E-state index contributed by atoms with van der Waals surface area (Å²) in [4.78, 5) is 10.8. The number of hydrogen-bond donors (Lipinski definition) is 1. The second kappa shape index (κ2) is 3.80. The van der Waals surface area contributed by atoms with E-state index in [2.05, 4.69) is 10.3 Å². The minimum Gasteiger partial charge on any atom is -0.476 e. The number of carboxylic acid groups (broad SMARTS) is 1. The van der Waals surface area contributed by atoms with Gasteiger partial charge in [0.15, 0.2) is 5.69 Å². The second-order valence-corrected chi connectivity index (χ2v) is 3.50. The fourth-order valence-electron chi connectivity index (χ4n) is 1.43. The van der Waals surface area contributed by atoms with Crippen LogP contribution in [0.25, 0.3) is 0 Å². The van der Waals surface area contributed by atoms with E-state index in [1.165, 1.54) is 4.68 Å². The fraction of sp³-hybridized carbons (Fsp3) is 0.300. The van der Waals surface area contributed by atoms with Crippen molar-refractivity contribution < 1.29 is 14.3 Å². The first-order chi connectivity index (χ1) is 7.58. The molecule has 0 aliphatic carbocycles. The van der Waals surface area contributed by atoms with Crippen molar-refractivity contribution >= 4 is 5.97 Å². The third-order valence-corrected chi connectivity index (χ3v) is 2.29. The lowest BCUT2D eigenvalue weighted by Crippen LogP contribution is -2.05. The van der Waals surface area contributed by atoms with E-state index < -0.39 is 5.97 Å². The molecule has 6 nitrogen and oxygen atoms in total. The molecule has 2 heterocycles. The Labute approximate surface area is 91.5 Å². The third kappa shape index (κ3) is 1.81. The Kier molecular flexibility index (Phi) is 2.47. The largest absolute Gasteiger partial charge is 0.476 e. The van der Waals surface area contributed by atoms with Gasteiger partial charge in [-0.3, -0.25) is 0 Å². The molecule has 0 bridgehead atoms. The summed E-state index contributed by atoms with van der Waals surface area (Å²) in [6.07, 6.45) is 0. The number of aryl methyl sites for hydroxylation is 1. The van der Waals surface area contributed by atoms with Crippen LogP contribution in [0.15, 0.2) is 16.5 Å². The number of rotatable bonds is 3. The second-order valence-electron chi connectivity index (χ2n) is 3.50. The average molecular weight is 221 g/mol. The molecule has 0 aliphatic heterocycles. The number of aromatic nitrogens is 3. The molecule has 0 aliphatic rings. The highest BCUT2D eigenvalue weighted by atomic mass is 16.4. The maximum atomic E-state index is 10.8. The van der Waals surface area contributed by atoms with Gasteiger partial charge in [0, 0.05) is 0 Å². The van der Waals surface area contributed by atoms with Gasteiger partial charge in [-0.1, -0.05) is 5.21 Å². The molecule has 1 N–H and O–H groups in total. The molecule has 0 radical (unpaired) electrons. The molecule has 16 heavy (non-hydrogen) atoms. The zero-order valence-corrected chi connectivity index (χ0v) is 8.97. The normalized spacial score (nSPS) is 10.6. The van der Waals surface area contributed by atoms with E-state index in [0.717, 1.165) is 11.5 Å². The van der Waals surface area contributed by atoms with E-state index in [1.807, 2.05) is 19.1 Å². The van der Waals surface area contributed by atoms with Crippen molar-refractivity contribution in [3.8, 4) is 0 Å². The van der Waals surface area contributed by atoms with Crippen LogP contribution in [-0.4, -0.2) is 26.1 Å². The minimum atomic E-state index is -1.07. The van der Waals surface area contributed by atoms with Crippen LogP contribution in [0.3, 0.4) is 0 Å². The summed E-state index contributed by atoms with van der Waals surface area (Å²) in [5.41, 5.74) is 0.491. The van der Waals surface area contributed by atoms with Crippen molar-refractivity contribution in [2.75, 3.05) is 0 Å². The molecule has 0 unspecified atom stereocenters. The minimum absolute atomic E-state index is 0.0247. The van der Waals surface area contributed by atoms with E-state index in [1.54, 1.807) is 6.92 Å². The summed E-state index contributed by atoms with van der Waals surface area (Å²) in [7, 11) is 0. The highest BCUT2D eigenvalue weighted by Gasteiger charge is 2.15. The van der Waals surface area contributed by atoms with Gasteiger partial charge >= 0.3 is 5.97 Å². The standard InChI is InChI=1S/C10H11N3O3/c1-6-3-4-8(16-6)5-13-7(2)9(10(14)15)11-12-13/h3-4H,5H2,1-2H3,(H,14,15). The Hall–Kier alpha value is -2.11. The van der Waals surface area contributed by atoms with Gasteiger partial charge in [0.25, 0.3) is 0 Å². The number of aromatic carboxylic acids is 1. The van der Waals surface area contributed by atoms with Gasteiger partial charge in [0.2, 0.25) is 0 Å². The number of carboxylic acids is 1. The van der Waals surface area contributed by atoms with Crippen molar-refractivity contribution in [1.29, 1.82) is 0 Å². The van der Waals surface area contributed by atoms with Crippen LogP contribution in [0.4, 0.5) is 0 Å². The topological polar surface area (TPSA) is 81.2 Å². The Morgan fingerprint density at radius 1 is 1.50 bits per heavy atom. The van der Waals surface area contributed by atoms with Crippen LogP contribution in [0.2, 0.25) is 0 Å². The lowest BCUT2D eigenvalue weighted by atomic mass is 10.3. The third-order valence-electron chi connectivity index (χ3n) is 2.29. The molecule has 0 saturated carbocycles. The molecule has 0 spiro atoms. The zero-order valence-electron chi connectivity index (χ0n) is 8.97. The quantitative estimate of drug-likeness (QED) is 0.843. The van der Waals surface area contributed by atoms with Crippen molar-refractivity contribution in [2.24, 2.45) is 0 Å². The van der Waals surface area contributed by atoms with Crippen LogP contribution in [0.1, 0.15) is 27.7 Å². The monoisotopic (exact) mass is 221 g/mol. The van der Waals surface area contributed by atoms with Gasteiger partial charge in [0.05, 0.1) is 5.69 Å². The van der Waals surface area contributed by atoms with Crippen molar-refractivity contribution in [3.63, 3.8) is 0 Å². The maximum absolute atomic E-state index is 10.8. The zero-order chi connectivity index (χ0) is 11.7. The summed E-state index contributed by atoms with van der Waals surface area (Å²) in [6, 6.07) is 3.68. The van der Waals surface area contributed by atoms with Gasteiger partial charge in [0.1, 0.15) is 18.1 Å². The van der Waals surface area contributed by atoms with E-state index in [9.17, 15) is 4.79 Å². The van der Waals surface area contributed by atoms with Crippen LogP contribution >= 0.6 is 0 Å². The van der Waals surface area contributed by atoms with Gasteiger partial charge < -0.3 is 9.52 Å². The maximum Gasteiger partial charge on any atom is 0.358 e. The lowest BCUT2D eigenvalue weighted by molar-refractivity contribution is 0.0689. The van der Waals surface area contributed by atoms with Crippen LogP contribution in [0.5, 0.6) is 0 Å². The SMILES string of the molecule is Cc1ccc(Cn2nnc(C(=O)O)c2C)o1. The number of hydrogen-bond acceptors (Lipinski definition) is 4. The van der Waals surface area contributed by atoms with Crippen molar-refractivity contribution in [3.05, 3.63) is 35.0 Å². The lowest BCUT2D eigenvalue weighted by Gasteiger charge is -1.99. The average Bonchev–Trinajstić information content (AvgIpc) is 2.76. The first kappa shape index (κ1) is 10.4. The van der Waals surface area contributed by atoms with Crippen molar-refractivity contribution in [2.45, 2.75) is 20.4 Å². The molecular formula is C10H11N3O3. The Morgan fingerprint density at radius 2 is 2.25 bits per heavy atom. The van der Waals surface area contributed by atoms with Gasteiger partial charge in [-0.25, -0.2) is 9.48 Å². The predicted octanol–water partition coefficient (Wildman–Crippen LogP) is 1.23. The first-order valence-electron chi connectivity index (χ1n) is 4.76. The Bertz CT molecular complexity index is 527.